The molecule has 0 radical (unpaired) electrons. The van der Waals surface area contributed by atoms with Crippen molar-refractivity contribution < 1.29 is 28.2 Å². The molecule has 2 aliphatic heterocycles. The molecular formula is C21H20FN3O5. The van der Waals surface area contributed by atoms with Gasteiger partial charge in [0.15, 0.2) is 0 Å². The van der Waals surface area contributed by atoms with Crippen molar-refractivity contribution in [2.75, 3.05) is 42.6 Å². The SMILES string of the molecule is O=C(NC[C@H]1CN(c2ccc(N3CCOCC3=O)cc2)C(=O)O1)c1ccc(F)cc1. The van der Waals surface area contributed by atoms with E-state index in [0.717, 1.165) is 5.69 Å². The van der Waals surface area contributed by atoms with Crippen LogP contribution in [0.3, 0.4) is 0 Å². The van der Waals surface area contributed by atoms with Crippen LogP contribution in [0.4, 0.5) is 20.6 Å². The molecule has 2 heterocycles. The van der Waals surface area contributed by atoms with Crippen LogP contribution < -0.4 is 15.1 Å². The van der Waals surface area contributed by atoms with Crippen molar-refractivity contribution in [2.45, 2.75) is 6.10 Å². The van der Waals surface area contributed by atoms with Crippen LogP contribution in [0.25, 0.3) is 0 Å². The van der Waals surface area contributed by atoms with Crippen LogP contribution in [-0.4, -0.2) is 56.9 Å². The average Bonchev–Trinajstić information content (AvgIpc) is 3.13. The van der Waals surface area contributed by atoms with Gasteiger partial charge >= 0.3 is 6.09 Å². The fourth-order valence-electron chi connectivity index (χ4n) is 3.35. The molecule has 2 aromatic rings. The van der Waals surface area contributed by atoms with Gasteiger partial charge < -0.3 is 19.7 Å². The largest absolute Gasteiger partial charge is 0.442 e. The van der Waals surface area contributed by atoms with E-state index in [-0.39, 0.29) is 31.5 Å². The van der Waals surface area contributed by atoms with Gasteiger partial charge in [0.2, 0.25) is 0 Å². The number of halogens is 1. The summed E-state index contributed by atoms with van der Waals surface area (Å²) >= 11 is 0. The number of cyclic esters (lactones) is 1. The molecule has 8 nitrogen and oxygen atoms in total. The van der Waals surface area contributed by atoms with Gasteiger partial charge in [-0.3, -0.25) is 14.5 Å². The van der Waals surface area contributed by atoms with Gasteiger partial charge in [-0.05, 0) is 48.5 Å². The predicted molar refractivity (Wildman–Crippen MR) is 106 cm³/mol. The summed E-state index contributed by atoms with van der Waals surface area (Å²) in [5, 5.41) is 2.69. The number of anilines is 2. The number of hydrogen-bond donors (Lipinski definition) is 1. The zero-order chi connectivity index (χ0) is 21.1. The molecule has 156 valence electrons. The second kappa shape index (κ2) is 8.50. The highest BCUT2D eigenvalue weighted by atomic mass is 19.1. The first kappa shape index (κ1) is 19.8. The number of nitrogens with one attached hydrogen (secondary N) is 1. The van der Waals surface area contributed by atoms with E-state index in [1.807, 2.05) is 0 Å². The maximum absolute atomic E-state index is 13.0. The van der Waals surface area contributed by atoms with E-state index in [9.17, 15) is 18.8 Å². The maximum Gasteiger partial charge on any atom is 0.414 e. The first-order valence-corrected chi connectivity index (χ1v) is 9.51. The van der Waals surface area contributed by atoms with Gasteiger partial charge in [-0.15, -0.1) is 0 Å². The third kappa shape index (κ3) is 4.25. The Kier molecular flexibility index (Phi) is 5.62. The fourth-order valence-corrected chi connectivity index (χ4v) is 3.35. The molecule has 2 aliphatic rings. The van der Waals surface area contributed by atoms with Crippen LogP contribution in [0.5, 0.6) is 0 Å². The lowest BCUT2D eigenvalue weighted by Gasteiger charge is -2.27. The zero-order valence-electron chi connectivity index (χ0n) is 16.0. The highest BCUT2D eigenvalue weighted by Gasteiger charge is 2.32. The molecule has 9 heteroatoms. The van der Waals surface area contributed by atoms with Crippen LogP contribution in [0.1, 0.15) is 10.4 Å². The summed E-state index contributed by atoms with van der Waals surface area (Å²) in [6.45, 7) is 1.44. The Balaban J connectivity index is 1.34. The van der Waals surface area contributed by atoms with E-state index in [4.69, 9.17) is 9.47 Å². The summed E-state index contributed by atoms with van der Waals surface area (Å²) in [5.74, 6) is -0.897. The lowest BCUT2D eigenvalue weighted by molar-refractivity contribution is -0.125. The Morgan fingerprint density at radius 1 is 1.03 bits per heavy atom. The number of benzene rings is 2. The molecule has 1 atom stereocenters. The van der Waals surface area contributed by atoms with Gasteiger partial charge in [0.25, 0.3) is 11.8 Å². The lowest BCUT2D eigenvalue weighted by Crippen LogP contribution is -2.41. The van der Waals surface area contributed by atoms with E-state index < -0.39 is 18.0 Å². The number of carbonyl (C=O) groups is 3. The van der Waals surface area contributed by atoms with Crippen molar-refractivity contribution in [3.8, 4) is 0 Å². The van der Waals surface area contributed by atoms with Gasteiger partial charge in [-0.1, -0.05) is 0 Å². The van der Waals surface area contributed by atoms with Crippen molar-refractivity contribution in [1.82, 2.24) is 5.32 Å². The summed E-state index contributed by atoms with van der Waals surface area (Å²) in [6, 6.07) is 12.2. The summed E-state index contributed by atoms with van der Waals surface area (Å²) in [5.41, 5.74) is 1.70. The summed E-state index contributed by atoms with van der Waals surface area (Å²) in [6.07, 6.45) is -1.02. The van der Waals surface area contributed by atoms with E-state index >= 15 is 0 Å². The third-order valence-electron chi connectivity index (χ3n) is 4.93. The highest BCUT2D eigenvalue weighted by molar-refractivity contribution is 5.96. The molecule has 0 aliphatic carbocycles. The minimum atomic E-state index is -0.512. The molecule has 0 bridgehead atoms. The second-order valence-corrected chi connectivity index (χ2v) is 6.95. The normalized spacial score (nSPS) is 19.0. The monoisotopic (exact) mass is 413 g/mol. The molecule has 30 heavy (non-hydrogen) atoms. The van der Waals surface area contributed by atoms with Crippen LogP contribution >= 0.6 is 0 Å². The van der Waals surface area contributed by atoms with E-state index in [1.165, 1.54) is 29.2 Å². The van der Waals surface area contributed by atoms with Crippen molar-refractivity contribution in [3.63, 3.8) is 0 Å². The molecule has 0 aromatic heterocycles. The molecule has 4 rings (SSSR count). The number of nitrogens with zero attached hydrogens (tertiary/aromatic N) is 2. The quantitative estimate of drug-likeness (QED) is 0.810. The Morgan fingerprint density at radius 3 is 2.37 bits per heavy atom. The minimum absolute atomic E-state index is 0.0610. The Morgan fingerprint density at radius 2 is 1.70 bits per heavy atom. The summed E-state index contributed by atoms with van der Waals surface area (Å²) < 4.78 is 23.4. The smallest absolute Gasteiger partial charge is 0.414 e. The Bertz CT molecular complexity index is 948. The number of rotatable bonds is 5. The molecule has 2 saturated heterocycles. The zero-order valence-corrected chi connectivity index (χ0v) is 16.0. The molecule has 0 saturated carbocycles. The van der Waals surface area contributed by atoms with Crippen molar-refractivity contribution in [2.24, 2.45) is 0 Å². The highest BCUT2D eigenvalue weighted by Crippen LogP contribution is 2.25. The standard InChI is InChI=1S/C21H20FN3O5/c22-15-3-1-14(2-4-15)20(27)23-11-18-12-25(21(28)30-18)17-7-5-16(6-8-17)24-9-10-29-13-19(24)26/h1-8,18H,9-13H2,(H,23,27)/t18-/m0/s1. The first-order valence-electron chi connectivity index (χ1n) is 9.51. The Hall–Kier alpha value is -3.46. The van der Waals surface area contributed by atoms with E-state index in [1.54, 1.807) is 29.2 Å². The number of morpholine rings is 1. The predicted octanol–water partition coefficient (Wildman–Crippen LogP) is 1.94. The summed E-state index contributed by atoms with van der Waals surface area (Å²) in [4.78, 5) is 39.4. The van der Waals surface area contributed by atoms with Gasteiger partial charge in [0, 0.05) is 23.5 Å². The van der Waals surface area contributed by atoms with Crippen LogP contribution in [0, 0.1) is 5.82 Å². The molecule has 1 N–H and O–H groups in total. The molecule has 2 fully saturated rings. The minimum Gasteiger partial charge on any atom is -0.442 e. The Labute approximate surface area is 172 Å². The van der Waals surface area contributed by atoms with Crippen molar-refractivity contribution in [1.29, 1.82) is 0 Å². The van der Waals surface area contributed by atoms with E-state index in [2.05, 4.69) is 5.32 Å². The number of hydrogen-bond acceptors (Lipinski definition) is 5. The van der Waals surface area contributed by atoms with Gasteiger partial charge in [0.1, 0.15) is 18.5 Å². The summed E-state index contributed by atoms with van der Waals surface area (Å²) in [7, 11) is 0. The van der Waals surface area contributed by atoms with Gasteiger partial charge in [0.05, 0.1) is 19.7 Å². The molecule has 0 unspecified atom stereocenters. The van der Waals surface area contributed by atoms with Crippen LogP contribution in [0.15, 0.2) is 48.5 Å². The topological polar surface area (TPSA) is 88.2 Å². The van der Waals surface area contributed by atoms with Crippen LogP contribution in [-0.2, 0) is 14.3 Å². The van der Waals surface area contributed by atoms with Crippen molar-refractivity contribution in [3.05, 3.63) is 59.9 Å². The third-order valence-corrected chi connectivity index (χ3v) is 4.93. The maximum atomic E-state index is 13.0. The number of carbonyl (C=O) groups excluding carboxylic acids is 3. The second-order valence-electron chi connectivity index (χ2n) is 6.95. The molecule has 3 amide bonds. The first-order chi connectivity index (χ1) is 14.5. The van der Waals surface area contributed by atoms with Crippen molar-refractivity contribution >= 4 is 29.3 Å². The number of ether oxygens (including phenoxy) is 2. The van der Waals surface area contributed by atoms with Gasteiger partial charge in [-0.2, -0.15) is 0 Å². The molecule has 2 aromatic carbocycles. The number of amides is 3. The van der Waals surface area contributed by atoms with E-state index in [0.29, 0.717) is 24.4 Å². The fraction of sp³-hybridized carbons (Fsp3) is 0.286. The van der Waals surface area contributed by atoms with Gasteiger partial charge in [-0.25, -0.2) is 9.18 Å². The molecule has 0 spiro atoms. The lowest BCUT2D eigenvalue weighted by atomic mass is 10.2. The molecular weight excluding hydrogens is 393 g/mol. The van der Waals surface area contributed by atoms with Crippen LogP contribution in [0.2, 0.25) is 0 Å². The average molecular weight is 413 g/mol.